The summed E-state index contributed by atoms with van der Waals surface area (Å²) >= 11 is 7.90. The molecule has 4 aromatic carbocycles. The summed E-state index contributed by atoms with van der Waals surface area (Å²) in [5.41, 5.74) is 2.87. The summed E-state index contributed by atoms with van der Waals surface area (Å²) in [6.45, 7) is -0.116. The van der Waals surface area contributed by atoms with Crippen molar-refractivity contribution in [3.63, 3.8) is 0 Å². The number of nitrogens with zero attached hydrogens (tertiary/aromatic N) is 1. The van der Waals surface area contributed by atoms with Gasteiger partial charge in [-0.05, 0) is 72.0 Å². The van der Waals surface area contributed by atoms with E-state index in [9.17, 15) is 29.4 Å². The van der Waals surface area contributed by atoms with Gasteiger partial charge in [-0.3, -0.25) is 24.5 Å². The number of methoxy groups -OCH3 is 1. The highest BCUT2D eigenvalue weighted by Crippen LogP contribution is 2.41. The van der Waals surface area contributed by atoms with Crippen LogP contribution in [-0.4, -0.2) is 63.3 Å². The minimum atomic E-state index is -1.16. The van der Waals surface area contributed by atoms with Gasteiger partial charge in [0.25, 0.3) is 10.5 Å². The summed E-state index contributed by atoms with van der Waals surface area (Å²) in [4.78, 5) is 51.2. The number of aliphatic hydroxyl groups is 2. The maximum Gasteiger partial charge on any atom is 0.293 e. The van der Waals surface area contributed by atoms with Crippen molar-refractivity contribution >= 4 is 63.1 Å². The first-order valence-corrected chi connectivity index (χ1v) is 18.0. The fourth-order valence-corrected chi connectivity index (χ4v) is 7.73. The SMILES string of the molecule is COc1c([C@H](O)COc2ccc(CC3SC(=O)NC3=O)cc2)cccc1N1C(=O)SC(Cc2ccc(OC[C@@H](O)c3cccc(Cl)c3)cc2)C1=O. The van der Waals surface area contributed by atoms with Crippen LogP contribution in [0, 0.1) is 0 Å². The number of carbonyl (C=O) groups excluding carboxylic acids is 4. The Hall–Kier alpha value is -4.53. The van der Waals surface area contributed by atoms with E-state index in [4.69, 9.17) is 25.8 Å². The number of hydrogen-bond acceptors (Lipinski definition) is 11. The van der Waals surface area contributed by atoms with Crippen LogP contribution in [0.25, 0.3) is 0 Å². The third-order valence-electron chi connectivity index (χ3n) is 8.26. The van der Waals surface area contributed by atoms with E-state index in [1.165, 1.54) is 7.11 Å². The fourth-order valence-electron chi connectivity index (χ4n) is 5.66. The minimum Gasteiger partial charge on any atom is -0.494 e. The highest BCUT2D eigenvalue weighted by atomic mass is 35.5. The Balaban J connectivity index is 1.05. The molecule has 3 N–H and O–H groups in total. The Morgan fingerprint density at radius 1 is 0.784 bits per heavy atom. The summed E-state index contributed by atoms with van der Waals surface area (Å²) in [7, 11) is 1.40. The Labute approximate surface area is 307 Å². The highest BCUT2D eigenvalue weighted by molar-refractivity contribution is 8.16. The third-order valence-corrected chi connectivity index (χ3v) is 10.5. The van der Waals surface area contributed by atoms with Crippen molar-refractivity contribution in [2.75, 3.05) is 25.2 Å². The number of ether oxygens (including phenoxy) is 3. The van der Waals surface area contributed by atoms with Crippen molar-refractivity contribution < 1.29 is 43.6 Å². The van der Waals surface area contributed by atoms with E-state index in [0.29, 0.717) is 40.5 Å². The van der Waals surface area contributed by atoms with E-state index in [-0.39, 0.29) is 35.8 Å². The van der Waals surface area contributed by atoms with Gasteiger partial charge in [-0.2, -0.15) is 0 Å². The molecule has 4 aromatic rings. The maximum absolute atomic E-state index is 13.6. The number of anilines is 1. The Kier molecular flexibility index (Phi) is 11.5. The summed E-state index contributed by atoms with van der Waals surface area (Å²) in [5, 5.41) is 22.4. The summed E-state index contributed by atoms with van der Waals surface area (Å²) in [6, 6.07) is 25.9. The first kappa shape index (κ1) is 36.3. The number of thioether (sulfide) groups is 2. The molecule has 6 rings (SSSR count). The van der Waals surface area contributed by atoms with Gasteiger partial charge in [-0.15, -0.1) is 0 Å². The molecule has 2 aliphatic rings. The van der Waals surface area contributed by atoms with Gasteiger partial charge < -0.3 is 24.4 Å². The van der Waals surface area contributed by atoms with Crippen LogP contribution in [0.5, 0.6) is 17.2 Å². The second-order valence-corrected chi connectivity index (χ2v) is 14.5. The zero-order chi connectivity index (χ0) is 36.1. The lowest BCUT2D eigenvalue weighted by Crippen LogP contribution is -2.32. The summed E-state index contributed by atoms with van der Waals surface area (Å²) < 4.78 is 17.2. The van der Waals surface area contributed by atoms with Crippen LogP contribution in [0.2, 0.25) is 5.02 Å². The van der Waals surface area contributed by atoms with Crippen molar-refractivity contribution in [1.82, 2.24) is 5.32 Å². The largest absolute Gasteiger partial charge is 0.494 e. The number of rotatable bonds is 14. The highest BCUT2D eigenvalue weighted by Gasteiger charge is 2.42. The van der Waals surface area contributed by atoms with Gasteiger partial charge in [0.05, 0.1) is 23.3 Å². The molecule has 2 fully saturated rings. The van der Waals surface area contributed by atoms with Gasteiger partial charge in [0.15, 0.2) is 0 Å². The average molecular weight is 749 g/mol. The zero-order valence-electron chi connectivity index (χ0n) is 27.2. The van der Waals surface area contributed by atoms with Crippen LogP contribution in [0.1, 0.15) is 34.5 Å². The van der Waals surface area contributed by atoms with Crippen LogP contribution in [0.15, 0.2) is 91.0 Å². The molecule has 2 unspecified atom stereocenters. The molecular formula is C37H33ClN2O9S2. The second kappa shape index (κ2) is 16.2. The standard InChI is InChI=1S/C37H33ClN2O9S2/c1-47-33-27(30(42)20-49-26-12-8-21(9-13-26)16-31-34(43)39-36(45)50-31)6-3-7-28(33)40-35(44)32(51-37(40)46)17-22-10-14-25(15-11-22)48-19-29(41)23-4-2-5-24(38)18-23/h2-15,18,29-32,41-42H,16-17,19-20H2,1H3,(H,39,43,45)/t29-,30-,31?,32?/m1/s1. The van der Waals surface area contributed by atoms with Gasteiger partial charge >= 0.3 is 0 Å². The number of hydrogen-bond donors (Lipinski definition) is 3. The van der Waals surface area contributed by atoms with E-state index in [1.54, 1.807) is 78.9 Å². The number of amides is 4. The molecule has 11 nitrogen and oxygen atoms in total. The van der Waals surface area contributed by atoms with Gasteiger partial charge in [0, 0.05) is 10.6 Å². The molecule has 51 heavy (non-hydrogen) atoms. The molecule has 4 amide bonds. The molecule has 0 bridgehead atoms. The first-order chi connectivity index (χ1) is 24.6. The van der Waals surface area contributed by atoms with E-state index in [0.717, 1.165) is 39.6 Å². The van der Waals surface area contributed by atoms with Gasteiger partial charge in [-0.1, -0.05) is 83.7 Å². The third kappa shape index (κ3) is 8.68. The number of benzene rings is 4. The van der Waals surface area contributed by atoms with Crippen molar-refractivity contribution in [3.05, 3.63) is 118 Å². The van der Waals surface area contributed by atoms with E-state index in [2.05, 4.69) is 5.32 Å². The molecule has 0 aliphatic carbocycles. The molecule has 2 heterocycles. The molecular weight excluding hydrogens is 716 g/mol. The van der Waals surface area contributed by atoms with Crippen LogP contribution in [0.4, 0.5) is 15.3 Å². The van der Waals surface area contributed by atoms with Crippen LogP contribution < -0.4 is 24.4 Å². The number of para-hydroxylation sites is 1. The number of imide groups is 2. The van der Waals surface area contributed by atoms with Crippen molar-refractivity contribution in [2.24, 2.45) is 0 Å². The molecule has 0 radical (unpaired) electrons. The normalized spacial score (nSPS) is 18.5. The number of nitrogens with one attached hydrogen (secondary N) is 1. The average Bonchev–Trinajstić information content (AvgIpc) is 3.60. The fraction of sp³-hybridized carbons (Fsp3) is 0.243. The molecule has 2 saturated heterocycles. The van der Waals surface area contributed by atoms with Crippen molar-refractivity contribution in [3.8, 4) is 17.2 Å². The molecule has 0 aromatic heterocycles. The van der Waals surface area contributed by atoms with Crippen molar-refractivity contribution in [2.45, 2.75) is 35.5 Å². The number of aliphatic hydroxyl groups excluding tert-OH is 2. The summed E-state index contributed by atoms with van der Waals surface area (Å²) in [6.07, 6.45) is -1.34. The monoisotopic (exact) mass is 748 g/mol. The van der Waals surface area contributed by atoms with Gasteiger partial charge in [0.2, 0.25) is 11.8 Å². The summed E-state index contributed by atoms with van der Waals surface area (Å²) in [5.74, 6) is 0.476. The van der Waals surface area contributed by atoms with E-state index < -0.39 is 33.9 Å². The lowest BCUT2D eigenvalue weighted by molar-refractivity contribution is -0.119. The predicted molar refractivity (Wildman–Crippen MR) is 195 cm³/mol. The van der Waals surface area contributed by atoms with E-state index >= 15 is 0 Å². The minimum absolute atomic E-state index is 0.0295. The van der Waals surface area contributed by atoms with Crippen LogP contribution >= 0.6 is 35.1 Å². The number of carbonyl (C=O) groups is 4. The topological polar surface area (TPSA) is 152 Å². The quantitative estimate of drug-likeness (QED) is 0.134. The Morgan fingerprint density at radius 3 is 1.98 bits per heavy atom. The number of halogens is 1. The van der Waals surface area contributed by atoms with Gasteiger partial charge in [-0.25, -0.2) is 4.90 Å². The molecule has 14 heteroatoms. The Bertz CT molecular complexity index is 1930. The molecule has 2 aliphatic heterocycles. The lowest BCUT2D eigenvalue weighted by atomic mass is 10.1. The van der Waals surface area contributed by atoms with E-state index in [1.807, 2.05) is 12.1 Å². The van der Waals surface area contributed by atoms with Gasteiger partial charge in [0.1, 0.15) is 42.7 Å². The maximum atomic E-state index is 13.6. The smallest absolute Gasteiger partial charge is 0.293 e. The molecule has 0 spiro atoms. The van der Waals surface area contributed by atoms with Crippen LogP contribution in [-0.2, 0) is 22.4 Å². The zero-order valence-corrected chi connectivity index (χ0v) is 29.6. The predicted octanol–water partition coefficient (Wildman–Crippen LogP) is 6.28. The second-order valence-electron chi connectivity index (χ2n) is 11.7. The molecule has 0 saturated carbocycles. The van der Waals surface area contributed by atoms with Crippen LogP contribution in [0.3, 0.4) is 0 Å². The first-order valence-electron chi connectivity index (χ1n) is 15.9. The molecule has 4 atom stereocenters. The molecule has 264 valence electrons. The van der Waals surface area contributed by atoms with Crippen molar-refractivity contribution in [1.29, 1.82) is 0 Å². The lowest BCUT2D eigenvalue weighted by Gasteiger charge is -2.22. The Morgan fingerprint density at radius 2 is 1.39 bits per heavy atom.